The summed E-state index contributed by atoms with van der Waals surface area (Å²) in [6.07, 6.45) is 29.7. The predicted octanol–water partition coefficient (Wildman–Crippen LogP) is 7.75. The van der Waals surface area contributed by atoms with Gasteiger partial charge in [-0.1, -0.05) is 113 Å². The number of allylic oxidation sites excluding steroid dienone is 18. The monoisotopic (exact) mass is 448 g/mol. The van der Waals surface area contributed by atoms with Gasteiger partial charge in [0, 0.05) is 5.57 Å². The van der Waals surface area contributed by atoms with Gasteiger partial charge in [0.2, 0.25) is 0 Å². The van der Waals surface area contributed by atoms with Crippen LogP contribution >= 0.6 is 0 Å². The topological polar surface area (TPSA) is 57.5 Å². The van der Waals surface area contributed by atoms with Gasteiger partial charge in [0.1, 0.15) is 0 Å². The van der Waals surface area contributed by atoms with Crippen LogP contribution in [-0.2, 0) is 4.79 Å². The van der Waals surface area contributed by atoms with Crippen molar-refractivity contribution < 1.29 is 15.0 Å². The second-order valence-electron chi connectivity index (χ2n) is 8.11. The molecule has 3 nitrogen and oxygen atoms in total. The Hall–Kier alpha value is -3.17. The van der Waals surface area contributed by atoms with Crippen LogP contribution in [0.4, 0.5) is 0 Å². The van der Waals surface area contributed by atoms with Crippen LogP contribution in [0.3, 0.4) is 0 Å². The number of aliphatic hydroxyl groups excluding tert-OH is 1. The minimum absolute atomic E-state index is 0.134. The lowest BCUT2D eigenvalue weighted by molar-refractivity contribution is -0.132. The molecule has 178 valence electrons. The number of hydrogen-bond acceptors (Lipinski definition) is 2. The molecule has 0 rings (SSSR count). The predicted molar refractivity (Wildman–Crippen MR) is 143 cm³/mol. The standard InChI is InChI=1S/C30H40O3/c1-24(15-9-17-26(3)19-11-21-28(5)23-31)13-7-8-14-25(2)16-10-18-27(4)20-12-22-29(6)30(32)33/h7-10,12-18,20-22,31H,11,19,23H2,1-6H3,(H,32,33)/b8-7+,15-9+,16-10+,20-12+,24-13+,25-14+,26-17+,27-18+,28-21+,29-22+. The third-order valence-electron chi connectivity index (χ3n) is 4.61. The van der Waals surface area contributed by atoms with Gasteiger partial charge in [-0.25, -0.2) is 4.79 Å². The zero-order chi connectivity index (χ0) is 25.1. The lowest BCUT2D eigenvalue weighted by Gasteiger charge is -1.98. The molecule has 2 N–H and O–H groups in total. The van der Waals surface area contributed by atoms with Crippen molar-refractivity contribution in [2.75, 3.05) is 6.61 Å². The molecule has 3 heteroatoms. The fourth-order valence-electron chi connectivity index (χ4n) is 2.41. The van der Waals surface area contributed by atoms with E-state index in [0.29, 0.717) is 5.57 Å². The SMILES string of the molecule is CC(/C=C/C=C(C)/C=C/C=C(\C)C(=O)O)=C\C=C\C=C(C)\C=C\C=C(/C)CC/C=C(\C)CO. The first kappa shape index (κ1) is 29.8. The molecule has 0 aromatic heterocycles. The Morgan fingerprint density at radius 1 is 0.636 bits per heavy atom. The maximum Gasteiger partial charge on any atom is 0.331 e. The molecule has 0 atom stereocenters. The minimum Gasteiger partial charge on any atom is -0.478 e. The van der Waals surface area contributed by atoms with Crippen LogP contribution in [0.25, 0.3) is 0 Å². The molecule has 0 aromatic rings. The maximum atomic E-state index is 10.7. The molecule has 0 amide bonds. The fourth-order valence-corrected chi connectivity index (χ4v) is 2.41. The van der Waals surface area contributed by atoms with Gasteiger partial charge in [-0.15, -0.1) is 0 Å². The van der Waals surface area contributed by atoms with Crippen LogP contribution in [0.5, 0.6) is 0 Å². The van der Waals surface area contributed by atoms with Crippen molar-refractivity contribution in [2.45, 2.75) is 54.4 Å². The lowest BCUT2D eigenvalue weighted by Crippen LogP contribution is -1.94. The zero-order valence-electron chi connectivity index (χ0n) is 21.0. The van der Waals surface area contributed by atoms with Gasteiger partial charge < -0.3 is 10.2 Å². The van der Waals surface area contributed by atoms with E-state index < -0.39 is 5.97 Å². The second-order valence-corrected chi connectivity index (χ2v) is 8.11. The highest BCUT2D eigenvalue weighted by Gasteiger charge is 1.95. The summed E-state index contributed by atoms with van der Waals surface area (Å²) in [5, 5.41) is 17.8. The van der Waals surface area contributed by atoms with Crippen LogP contribution < -0.4 is 0 Å². The maximum absolute atomic E-state index is 10.7. The van der Waals surface area contributed by atoms with Crippen molar-refractivity contribution in [2.24, 2.45) is 0 Å². The number of aliphatic carboxylic acids is 1. The summed E-state index contributed by atoms with van der Waals surface area (Å²) in [6, 6.07) is 0. The van der Waals surface area contributed by atoms with Crippen molar-refractivity contribution in [1.29, 1.82) is 0 Å². The molecule has 0 aliphatic carbocycles. The molecule has 0 bridgehead atoms. The van der Waals surface area contributed by atoms with Crippen molar-refractivity contribution >= 4 is 5.97 Å². The van der Waals surface area contributed by atoms with Gasteiger partial charge in [0.25, 0.3) is 0 Å². The summed E-state index contributed by atoms with van der Waals surface area (Å²) in [5.74, 6) is -0.905. The normalized spacial score (nSPS) is 15.7. The summed E-state index contributed by atoms with van der Waals surface area (Å²) in [4.78, 5) is 10.7. The number of carbonyl (C=O) groups is 1. The molecule has 0 radical (unpaired) electrons. The van der Waals surface area contributed by atoms with Crippen molar-refractivity contribution in [3.8, 4) is 0 Å². The van der Waals surface area contributed by atoms with E-state index in [-0.39, 0.29) is 6.61 Å². The molecule has 0 spiro atoms. The molecular formula is C30H40O3. The van der Waals surface area contributed by atoms with E-state index >= 15 is 0 Å². The Morgan fingerprint density at radius 3 is 1.58 bits per heavy atom. The Bertz CT molecular complexity index is 924. The summed E-state index contributed by atoms with van der Waals surface area (Å²) in [7, 11) is 0. The quantitative estimate of drug-likeness (QED) is 0.172. The number of hydrogen-bond donors (Lipinski definition) is 2. The van der Waals surface area contributed by atoms with Gasteiger partial charge in [0.05, 0.1) is 6.61 Å². The first-order chi connectivity index (χ1) is 15.6. The highest BCUT2D eigenvalue weighted by molar-refractivity contribution is 5.86. The Labute approximate surface area is 200 Å². The molecule has 0 fully saturated rings. The smallest absolute Gasteiger partial charge is 0.331 e. The third kappa shape index (κ3) is 18.1. The average molecular weight is 449 g/mol. The van der Waals surface area contributed by atoms with Gasteiger partial charge in [-0.05, 0) is 54.4 Å². The number of rotatable bonds is 13. The number of carboxylic acid groups (broad SMARTS) is 1. The summed E-state index contributed by atoms with van der Waals surface area (Å²) in [6.45, 7) is 11.9. The Kier molecular flexibility index (Phi) is 16.6. The highest BCUT2D eigenvalue weighted by Crippen LogP contribution is 2.08. The van der Waals surface area contributed by atoms with Crippen LogP contribution in [0.15, 0.2) is 119 Å². The van der Waals surface area contributed by atoms with E-state index in [4.69, 9.17) is 10.2 Å². The molecule has 0 saturated heterocycles. The second kappa shape index (κ2) is 18.4. The largest absolute Gasteiger partial charge is 0.478 e. The van der Waals surface area contributed by atoms with Gasteiger partial charge in [0.15, 0.2) is 0 Å². The molecule has 0 aliphatic heterocycles. The molecule has 33 heavy (non-hydrogen) atoms. The van der Waals surface area contributed by atoms with E-state index in [1.165, 1.54) is 11.1 Å². The molecule has 0 unspecified atom stereocenters. The van der Waals surface area contributed by atoms with Crippen molar-refractivity contribution in [3.63, 3.8) is 0 Å². The average Bonchev–Trinajstić information content (AvgIpc) is 2.76. The van der Waals surface area contributed by atoms with Crippen molar-refractivity contribution in [1.82, 2.24) is 0 Å². The lowest BCUT2D eigenvalue weighted by atomic mass is 10.1. The highest BCUT2D eigenvalue weighted by atomic mass is 16.4. The van der Waals surface area contributed by atoms with E-state index in [1.807, 2.05) is 63.3 Å². The first-order valence-electron chi connectivity index (χ1n) is 11.2. The molecule has 0 aliphatic rings. The molecular weight excluding hydrogens is 408 g/mol. The van der Waals surface area contributed by atoms with Crippen LogP contribution in [-0.4, -0.2) is 22.8 Å². The van der Waals surface area contributed by atoms with E-state index in [1.54, 1.807) is 19.1 Å². The molecule has 0 saturated carbocycles. The van der Waals surface area contributed by atoms with E-state index in [2.05, 4.69) is 44.2 Å². The van der Waals surface area contributed by atoms with Gasteiger partial charge >= 0.3 is 5.97 Å². The molecule has 0 aromatic carbocycles. The number of aliphatic hydroxyl groups is 1. The first-order valence-corrected chi connectivity index (χ1v) is 11.2. The number of carboxylic acids is 1. The van der Waals surface area contributed by atoms with Crippen LogP contribution in [0.1, 0.15) is 54.4 Å². The van der Waals surface area contributed by atoms with Crippen LogP contribution in [0.2, 0.25) is 0 Å². The minimum atomic E-state index is -0.905. The zero-order valence-corrected chi connectivity index (χ0v) is 21.0. The van der Waals surface area contributed by atoms with Crippen LogP contribution in [0, 0.1) is 0 Å². The fraction of sp³-hybridized carbons (Fsp3) is 0.300. The Balaban J connectivity index is 4.65. The summed E-state index contributed by atoms with van der Waals surface area (Å²) >= 11 is 0. The Morgan fingerprint density at radius 2 is 1.09 bits per heavy atom. The molecule has 0 heterocycles. The van der Waals surface area contributed by atoms with Gasteiger partial charge in [-0.2, -0.15) is 0 Å². The summed E-state index contributed by atoms with van der Waals surface area (Å²) < 4.78 is 0. The van der Waals surface area contributed by atoms with Crippen molar-refractivity contribution in [3.05, 3.63) is 119 Å². The van der Waals surface area contributed by atoms with Gasteiger partial charge in [-0.3, -0.25) is 0 Å². The third-order valence-corrected chi connectivity index (χ3v) is 4.61. The van der Waals surface area contributed by atoms with E-state index in [9.17, 15) is 4.79 Å². The summed E-state index contributed by atoms with van der Waals surface area (Å²) in [5.41, 5.74) is 5.98. The van der Waals surface area contributed by atoms with E-state index in [0.717, 1.165) is 29.6 Å².